The number of fused-ring (bicyclic) bond motifs is 6. The maximum Gasteiger partial charge on any atom is 0.417 e. The number of nitrogens with zero attached hydrogens (tertiary/aromatic N) is 5. The highest BCUT2D eigenvalue weighted by molar-refractivity contribution is 6.12. The zero-order chi connectivity index (χ0) is 33.2. The van der Waals surface area contributed by atoms with Crippen LogP contribution in [0.15, 0.2) is 121 Å². The third-order valence-corrected chi connectivity index (χ3v) is 8.81. The summed E-state index contributed by atoms with van der Waals surface area (Å²) < 4.78 is 49.3. The van der Waals surface area contributed by atoms with E-state index in [9.17, 15) is 15.8 Å². The Balaban J connectivity index is 1.60. The summed E-state index contributed by atoms with van der Waals surface area (Å²) in [6.07, 6.45) is -4.75. The van der Waals surface area contributed by atoms with Crippen molar-refractivity contribution in [3.05, 3.63) is 144 Å². The van der Waals surface area contributed by atoms with E-state index >= 15 is 13.2 Å². The topological polar surface area (TPSA) is 81.2 Å². The van der Waals surface area contributed by atoms with Crippen LogP contribution >= 0.6 is 0 Å². The van der Waals surface area contributed by atoms with Crippen LogP contribution < -0.4 is 0 Å². The molecule has 8 aromatic rings. The van der Waals surface area contributed by atoms with E-state index in [1.165, 1.54) is 12.1 Å². The van der Waals surface area contributed by atoms with Gasteiger partial charge in [-0.05, 0) is 83.9 Å². The van der Waals surface area contributed by atoms with Crippen molar-refractivity contribution in [2.24, 2.45) is 0 Å². The van der Waals surface area contributed by atoms with Crippen LogP contribution in [0.5, 0.6) is 0 Å². The van der Waals surface area contributed by atoms with Gasteiger partial charge >= 0.3 is 6.18 Å². The Morgan fingerprint density at radius 3 is 1.46 bits per heavy atom. The second kappa shape index (κ2) is 10.6. The Morgan fingerprint density at radius 2 is 0.938 bits per heavy atom. The molecule has 8 rings (SSSR count). The summed E-state index contributed by atoms with van der Waals surface area (Å²) in [5.41, 5.74) is 3.94. The molecule has 0 fully saturated rings. The van der Waals surface area contributed by atoms with E-state index in [0.29, 0.717) is 33.4 Å². The maximum atomic E-state index is 15.2. The van der Waals surface area contributed by atoms with Crippen LogP contribution in [-0.2, 0) is 6.18 Å². The van der Waals surface area contributed by atoms with Gasteiger partial charge in [-0.15, -0.1) is 0 Å². The van der Waals surface area contributed by atoms with Crippen molar-refractivity contribution >= 4 is 43.6 Å². The Kier molecular flexibility index (Phi) is 6.34. The quantitative estimate of drug-likeness (QED) is 0.195. The van der Waals surface area contributed by atoms with Gasteiger partial charge in [0.2, 0.25) is 0 Å². The summed E-state index contributed by atoms with van der Waals surface area (Å²) in [6, 6.07) is 40.8. The third-order valence-electron chi connectivity index (χ3n) is 8.81. The smallest absolute Gasteiger partial charge is 0.307 e. The third kappa shape index (κ3) is 4.31. The van der Waals surface area contributed by atoms with Gasteiger partial charge < -0.3 is 9.13 Å². The van der Waals surface area contributed by atoms with E-state index < -0.39 is 11.7 Å². The number of halogens is 3. The van der Waals surface area contributed by atoms with E-state index in [1.807, 2.05) is 69.8 Å². The number of benzene rings is 6. The molecule has 2 aromatic heterocycles. The molecular weight excluding hydrogens is 607 g/mol. The number of aromatic nitrogens is 2. The number of alkyl halides is 3. The molecule has 0 spiro atoms. The van der Waals surface area contributed by atoms with Crippen LogP contribution in [0.2, 0.25) is 0 Å². The molecule has 226 valence electrons. The molecule has 0 atom stereocenters. The molecule has 0 aliphatic heterocycles. The summed E-state index contributed by atoms with van der Waals surface area (Å²) in [6.45, 7) is 0. The Hall–Kier alpha value is -6.82. The van der Waals surface area contributed by atoms with Crippen LogP contribution in [-0.4, -0.2) is 9.13 Å². The summed E-state index contributed by atoms with van der Waals surface area (Å²) >= 11 is 0. The lowest BCUT2D eigenvalue weighted by atomic mass is 9.95. The first-order chi connectivity index (χ1) is 23.3. The predicted molar refractivity (Wildman–Crippen MR) is 180 cm³/mol. The van der Waals surface area contributed by atoms with Crippen LogP contribution in [0.1, 0.15) is 22.3 Å². The minimum Gasteiger partial charge on any atom is -0.307 e. The highest BCUT2D eigenvalue weighted by atomic mass is 19.4. The van der Waals surface area contributed by atoms with E-state index in [0.717, 1.165) is 27.1 Å². The number of hydrogen-bond donors (Lipinski definition) is 0. The lowest BCUT2D eigenvalue weighted by Crippen LogP contribution is -2.12. The molecule has 0 aliphatic carbocycles. The molecule has 2 heterocycles. The van der Waals surface area contributed by atoms with E-state index in [4.69, 9.17) is 0 Å². The second-order valence-electron chi connectivity index (χ2n) is 11.5. The molecule has 0 saturated carbocycles. The maximum absolute atomic E-state index is 15.2. The van der Waals surface area contributed by atoms with Crippen LogP contribution in [0, 0.1) is 34.0 Å². The average Bonchev–Trinajstić information content (AvgIpc) is 3.62. The summed E-state index contributed by atoms with van der Waals surface area (Å²) in [5.74, 6) is 0. The summed E-state index contributed by atoms with van der Waals surface area (Å²) in [5, 5.41) is 32.1. The Morgan fingerprint density at radius 1 is 0.458 bits per heavy atom. The summed E-state index contributed by atoms with van der Waals surface area (Å²) in [4.78, 5) is 0. The molecule has 0 saturated heterocycles. The minimum atomic E-state index is -4.75. The minimum absolute atomic E-state index is 0.0783. The second-order valence-corrected chi connectivity index (χ2v) is 11.5. The molecule has 0 radical (unpaired) electrons. The monoisotopic (exact) mass is 627 g/mol. The fourth-order valence-electron chi connectivity index (χ4n) is 6.77. The summed E-state index contributed by atoms with van der Waals surface area (Å²) in [7, 11) is 0. The lowest BCUT2D eigenvalue weighted by Gasteiger charge is -2.22. The average molecular weight is 628 g/mol. The van der Waals surface area contributed by atoms with Gasteiger partial charge in [0, 0.05) is 21.5 Å². The van der Waals surface area contributed by atoms with Gasteiger partial charge in [0.15, 0.2) is 0 Å². The highest BCUT2D eigenvalue weighted by Gasteiger charge is 2.36. The Bertz CT molecular complexity index is 2760. The van der Waals surface area contributed by atoms with Gasteiger partial charge in [-0.1, -0.05) is 48.5 Å². The van der Waals surface area contributed by atoms with Crippen molar-refractivity contribution in [3.63, 3.8) is 0 Å². The van der Waals surface area contributed by atoms with Gasteiger partial charge in [-0.25, -0.2) is 0 Å². The van der Waals surface area contributed by atoms with Crippen molar-refractivity contribution in [1.29, 1.82) is 15.8 Å². The first kappa shape index (κ1) is 28.6. The number of hydrogen-bond acceptors (Lipinski definition) is 3. The molecule has 0 unspecified atom stereocenters. The number of para-hydroxylation sites is 2. The normalized spacial score (nSPS) is 11.6. The standard InChI is InChI=1S/C40H20F3N5/c41-40(42,43)33-20-39(48-35-11-4-2-9-29(35)32-18-26(23-46)13-15-37(32)48)38(19-30(33)27-7-5-6-24(16-27)21-44)47-34-10-3-1-8-28(34)31-17-25(22-45)12-14-36(31)47/h1-20H. The van der Waals surface area contributed by atoms with Crippen molar-refractivity contribution in [3.8, 4) is 40.7 Å². The van der Waals surface area contributed by atoms with Crippen LogP contribution in [0.25, 0.3) is 66.1 Å². The van der Waals surface area contributed by atoms with Crippen molar-refractivity contribution in [2.45, 2.75) is 6.18 Å². The first-order valence-corrected chi connectivity index (χ1v) is 14.9. The highest BCUT2D eigenvalue weighted by Crippen LogP contribution is 2.45. The van der Waals surface area contributed by atoms with Gasteiger partial charge in [0.1, 0.15) is 0 Å². The van der Waals surface area contributed by atoms with E-state index in [2.05, 4.69) is 12.1 Å². The molecule has 5 nitrogen and oxygen atoms in total. The van der Waals surface area contributed by atoms with Gasteiger partial charge in [-0.3, -0.25) is 0 Å². The molecule has 0 aliphatic rings. The van der Waals surface area contributed by atoms with Crippen LogP contribution in [0.4, 0.5) is 13.2 Å². The van der Waals surface area contributed by atoms with Gasteiger partial charge in [-0.2, -0.15) is 29.0 Å². The van der Waals surface area contributed by atoms with Crippen molar-refractivity contribution in [2.75, 3.05) is 0 Å². The van der Waals surface area contributed by atoms with Crippen molar-refractivity contribution in [1.82, 2.24) is 9.13 Å². The predicted octanol–water partition coefficient (Wildman–Crippen LogP) is 10.2. The Labute approximate surface area is 271 Å². The fraction of sp³-hybridized carbons (Fsp3) is 0.0250. The molecule has 8 heteroatoms. The molecule has 0 amide bonds. The zero-order valence-electron chi connectivity index (χ0n) is 24.9. The van der Waals surface area contributed by atoms with Gasteiger partial charge in [0.25, 0.3) is 0 Å². The first-order valence-electron chi connectivity index (χ1n) is 14.9. The number of rotatable bonds is 3. The van der Waals surface area contributed by atoms with Gasteiger partial charge in [0.05, 0.1) is 73.9 Å². The van der Waals surface area contributed by atoms with E-state index in [-0.39, 0.29) is 22.4 Å². The molecule has 6 aromatic carbocycles. The van der Waals surface area contributed by atoms with Crippen LogP contribution in [0.3, 0.4) is 0 Å². The van der Waals surface area contributed by atoms with Crippen molar-refractivity contribution < 1.29 is 13.2 Å². The molecule has 0 bridgehead atoms. The van der Waals surface area contributed by atoms with E-state index in [1.54, 1.807) is 54.6 Å². The lowest BCUT2D eigenvalue weighted by molar-refractivity contribution is -0.137. The number of nitriles is 3. The fourth-order valence-corrected chi connectivity index (χ4v) is 6.77. The molecule has 0 N–H and O–H groups in total. The largest absolute Gasteiger partial charge is 0.417 e. The molecular formula is C40H20F3N5. The SMILES string of the molecule is N#Cc1cccc(-c2cc(-n3c4ccccc4c4cc(C#N)ccc43)c(-n3c4ccccc4c4cc(C#N)ccc43)cc2C(F)(F)F)c1. The zero-order valence-corrected chi connectivity index (χ0v) is 24.9. The molecule has 48 heavy (non-hydrogen) atoms.